The third-order valence-corrected chi connectivity index (χ3v) is 6.95. The van der Waals surface area contributed by atoms with E-state index in [9.17, 15) is 9.18 Å². The normalized spacial score (nSPS) is 13.8. The Morgan fingerprint density at radius 2 is 1.94 bits per heavy atom. The molecule has 34 heavy (non-hydrogen) atoms. The quantitative estimate of drug-likeness (QED) is 0.302. The van der Waals surface area contributed by atoms with Crippen LogP contribution in [0.4, 0.5) is 4.39 Å². The lowest BCUT2D eigenvalue weighted by atomic mass is 10.1. The Bertz CT molecular complexity index is 1390. The van der Waals surface area contributed by atoms with Crippen molar-refractivity contribution >= 4 is 34.3 Å². The first-order chi connectivity index (χ1) is 16.3. The Morgan fingerprint density at radius 3 is 2.59 bits per heavy atom. The second-order valence-corrected chi connectivity index (χ2v) is 9.88. The van der Waals surface area contributed by atoms with Crippen LogP contribution in [0.2, 0.25) is 5.02 Å². The zero-order chi connectivity index (χ0) is 24.1. The minimum atomic E-state index is -0.355. The van der Waals surface area contributed by atoms with Crippen molar-refractivity contribution in [2.45, 2.75) is 53.4 Å². The molecule has 2 aromatic heterocycles. The molecule has 2 heterocycles. The van der Waals surface area contributed by atoms with Crippen molar-refractivity contribution in [1.29, 1.82) is 0 Å². The van der Waals surface area contributed by atoms with Crippen molar-refractivity contribution in [3.63, 3.8) is 0 Å². The molecule has 0 saturated heterocycles. The summed E-state index contributed by atoms with van der Waals surface area (Å²) in [6.45, 7) is 9.56. The summed E-state index contributed by atoms with van der Waals surface area (Å²) in [7, 11) is 0. The number of nitrogens with zero attached hydrogens (tertiary/aromatic N) is 4. The molecule has 1 aliphatic carbocycles. The van der Waals surface area contributed by atoms with Gasteiger partial charge in [0.15, 0.2) is 0 Å². The molecule has 1 saturated carbocycles. The minimum Gasteiger partial charge on any atom is -0.337 e. The van der Waals surface area contributed by atoms with Gasteiger partial charge in [-0.2, -0.15) is 0 Å². The maximum absolute atomic E-state index is 14.5. The van der Waals surface area contributed by atoms with Crippen molar-refractivity contribution in [3.8, 4) is 5.69 Å². The standard InChI is InChI=1S/C27H30ClFN4O/c1-5-11-31(15-18-7-8-18)26(34)25-21(6-2)30-27-32(24-17(4)12-16(3)13-20(24)28)22-10-9-19(29)14-23(22)33(25)27/h9-10,12-14,18H,5-8,11,15H2,1-4H3. The van der Waals surface area contributed by atoms with Crippen LogP contribution in [0.25, 0.3) is 22.5 Å². The molecule has 178 valence electrons. The number of aromatic nitrogens is 3. The monoisotopic (exact) mass is 480 g/mol. The SMILES string of the molecule is CCCN(CC1CC1)C(=O)c1c(CC)nc2n(-c3c(C)cc(C)cc3Cl)c3ccc(F)cc3n12. The van der Waals surface area contributed by atoms with E-state index in [4.69, 9.17) is 16.6 Å². The number of amides is 1. The first-order valence-electron chi connectivity index (χ1n) is 12.1. The van der Waals surface area contributed by atoms with Gasteiger partial charge in [-0.25, -0.2) is 9.37 Å². The van der Waals surface area contributed by atoms with Gasteiger partial charge in [-0.3, -0.25) is 13.8 Å². The summed E-state index contributed by atoms with van der Waals surface area (Å²) >= 11 is 6.75. The molecule has 0 N–H and O–H groups in total. The topological polar surface area (TPSA) is 42.5 Å². The zero-order valence-electron chi connectivity index (χ0n) is 20.2. The highest BCUT2D eigenvalue weighted by Gasteiger charge is 2.32. The van der Waals surface area contributed by atoms with E-state index in [2.05, 4.69) is 13.0 Å². The van der Waals surface area contributed by atoms with Gasteiger partial charge in [-0.15, -0.1) is 0 Å². The van der Waals surface area contributed by atoms with Crippen LogP contribution in [0.3, 0.4) is 0 Å². The molecule has 1 fully saturated rings. The summed E-state index contributed by atoms with van der Waals surface area (Å²) < 4.78 is 18.3. The van der Waals surface area contributed by atoms with Gasteiger partial charge in [0.05, 0.1) is 27.4 Å². The predicted octanol–water partition coefficient (Wildman–Crippen LogP) is 6.51. The maximum Gasteiger partial charge on any atom is 0.272 e. The van der Waals surface area contributed by atoms with Gasteiger partial charge < -0.3 is 4.90 Å². The number of carbonyl (C=O) groups excluding carboxylic acids is 1. The summed E-state index contributed by atoms with van der Waals surface area (Å²) in [5.74, 6) is 0.772. The van der Waals surface area contributed by atoms with Crippen LogP contribution >= 0.6 is 11.6 Å². The first-order valence-corrected chi connectivity index (χ1v) is 12.5. The largest absolute Gasteiger partial charge is 0.337 e. The number of benzene rings is 2. The smallest absolute Gasteiger partial charge is 0.272 e. The number of hydrogen-bond donors (Lipinski definition) is 0. The van der Waals surface area contributed by atoms with E-state index < -0.39 is 0 Å². The second kappa shape index (κ2) is 8.73. The minimum absolute atomic E-state index is 0.0341. The number of halogens is 2. The molecule has 1 aliphatic rings. The molecule has 0 radical (unpaired) electrons. The number of rotatable bonds is 7. The van der Waals surface area contributed by atoms with Crippen LogP contribution in [0.1, 0.15) is 60.4 Å². The van der Waals surface area contributed by atoms with Crippen LogP contribution in [0, 0.1) is 25.6 Å². The second-order valence-electron chi connectivity index (χ2n) is 9.47. The van der Waals surface area contributed by atoms with Crippen LogP contribution in [0.5, 0.6) is 0 Å². The van der Waals surface area contributed by atoms with E-state index in [0.717, 1.165) is 41.0 Å². The first kappa shape index (κ1) is 22.9. The molecule has 2 aromatic carbocycles. The van der Waals surface area contributed by atoms with Crippen LogP contribution < -0.4 is 0 Å². The van der Waals surface area contributed by atoms with Crippen molar-refractivity contribution < 1.29 is 9.18 Å². The lowest BCUT2D eigenvalue weighted by Crippen LogP contribution is -2.35. The Balaban J connectivity index is 1.82. The molecule has 0 bridgehead atoms. The van der Waals surface area contributed by atoms with Crippen LogP contribution in [-0.2, 0) is 6.42 Å². The average molecular weight is 481 g/mol. The van der Waals surface area contributed by atoms with Crippen molar-refractivity contribution in [2.75, 3.05) is 13.1 Å². The summed E-state index contributed by atoms with van der Waals surface area (Å²) in [4.78, 5) is 20.8. The van der Waals surface area contributed by atoms with Gasteiger partial charge in [-0.05, 0) is 74.8 Å². The zero-order valence-corrected chi connectivity index (χ0v) is 20.9. The van der Waals surface area contributed by atoms with Crippen molar-refractivity contribution in [1.82, 2.24) is 18.9 Å². The van der Waals surface area contributed by atoms with Gasteiger partial charge >= 0.3 is 0 Å². The van der Waals surface area contributed by atoms with Crippen LogP contribution in [-0.4, -0.2) is 37.8 Å². The number of imidazole rings is 2. The molecule has 5 rings (SSSR count). The van der Waals surface area contributed by atoms with Gasteiger partial charge in [-0.1, -0.05) is 31.5 Å². The molecule has 0 aliphatic heterocycles. The highest BCUT2D eigenvalue weighted by molar-refractivity contribution is 6.32. The molecule has 0 unspecified atom stereocenters. The number of fused-ring (bicyclic) bond motifs is 3. The highest BCUT2D eigenvalue weighted by Crippen LogP contribution is 2.35. The van der Waals surface area contributed by atoms with Crippen molar-refractivity contribution in [2.24, 2.45) is 5.92 Å². The fraction of sp³-hybridized carbons (Fsp3) is 0.407. The van der Waals surface area contributed by atoms with Gasteiger partial charge in [0.2, 0.25) is 5.78 Å². The Kier molecular flexibility index (Phi) is 5.88. The molecular formula is C27H30ClFN4O. The number of carbonyl (C=O) groups is 1. The van der Waals surface area contributed by atoms with E-state index in [1.807, 2.05) is 40.7 Å². The van der Waals surface area contributed by atoms with Gasteiger partial charge in [0, 0.05) is 19.2 Å². The fourth-order valence-corrected chi connectivity index (χ4v) is 5.39. The number of hydrogen-bond acceptors (Lipinski definition) is 2. The Labute approximate surface area is 204 Å². The third-order valence-electron chi connectivity index (χ3n) is 6.67. The summed E-state index contributed by atoms with van der Waals surface area (Å²) in [5.41, 5.74) is 5.48. The Morgan fingerprint density at radius 1 is 1.18 bits per heavy atom. The van der Waals surface area contributed by atoms with E-state index in [1.54, 1.807) is 6.07 Å². The fourth-order valence-electron chi connectivity index (χ4n) is 4.99. The van der Waals surface area contributed by atoms with E-state index in [-0.39, 0.29) is 11.7 Å². The summed E-state index contributed by atoms with van der Waals surface area (Å²) in [6, 6.07) is 8.65. The number of aryl methyl sites for hydroxylation is 3. The lowest BCUT2D eigenvalue weighted by Gasteiger charge is -2.22. The molecule has 5 nitrogen and oxygen atoms in total. The Hall–Kier alpha value is -2.86. The maximum atomic E-state index is 14.5. The summed E-state index contributed by atoms with van der Waals surface area (Å²) in [5, 5.41) is 0.594. The van der Waals surface area contributed by atoms with E-state index in [0.29, 0.717) is 40.9 Å². The predicted molar refractivity (Wildman–Crippen MR) is 135 cm³/mol. The molecule has 1 amide bonds. The lowest BCUT2D eigenvalue weighted by molar-refractivity contribution is 0.0740. The van der Waals surface area contributed by atoms with Gasteiger partial charge in [0.25, 0.3) is 5.91 Å². The molecular weight excluding hydrogens is 451 g/mol. The molecule has 0 atom stereocenters. The molecule has 7 heteroatoms. The summed E-state index contributed by atoms with van der Waals surface area (Å²) in [6.07, 6.45) is 3.83. The van der Waals surface area contributed by atoms with Crippen molar-refractivity contribution in [3.05, 3.63) is 63.7 Å². The average Bonchev–Trinajstić information content (AvgIpc) is 3.45. The third kappa shape index (κ3) is 3.78. The van der Waals surface area contributed by atoms with Gasteiger partial charge in [0.1, 0.15) is 11.5 Å². The van der Waals surface area contributed by atoms with E-state index >= 15 is 0 Å². The highest BCUT2D eigenvalue weighted by atomic mass is 35.5. The van der Waals surface area contributed by atoms with Crippen LogP contribution in [0.15, 0.2) is 30.3 Å². The molecule has 0 spiro atoms. The van der Waals surface area contributed by atoms with E-state index in [1.165, 1.54) is 25.0 Å². The molecule has 4 aromatic rings.